The fourth-order valence-corrected chi connectivity index (χ4v) is 3.12. The SMILES string of the molecule is CCc1ccc(/C=C/C(=O)c2ccc(N3CCCCC3)cc2)cc1. The number of anilines is 1. The van der Waals surface area contributed by atoms with Gasteiger partial charge in [-0.3, -0.25) is 4.79 Å². The van der Waals surface area contributed by atoms with E-state index in [2.05, 4.69) is 48.2 Å². The minimum absolute atomic E-state index is 0.0553. The third kappa shape index (κ3) is 4.14. The van der Waals surface area contributed by atoms with Crippen molar-refractivity contribution in [3.63, 3.8) is 0 Å². The van der Waals surface area contributed by atoms with Crippen molar-refractivity contribution in [3.05, 3.63) is 71.3 Å². The van der Waals surface area contributed by atoms with E-state index in [1.54, 1.807) is 6.08 Å². The van der Waals surface area contributed by atoms with Gasteiger partial charge in [0.05, 0.1) is 0 Å². The van der Waals surface area contributed by atoms with Gasteiger partial charge in [-0.15, -0.1) is 0 Å². The molecule has 0 bridgehead atoms. The molecule has 1 saturated heterocycles. The molecule has 124 valence electrons. The van der Waals surface area contributed by atoms with Crippen molar-refractivity contribution in [1.29, 1.82) is 0 Å². The van der Waals surface area contributed by atoms with Crippen molar-refractivity contribution >= 4 is 17.5 Å². The van der Waals surface area contributed by atoms with Crippen LogP contribution in [-0.4, -0.2) is 18.9 Å². The Kier molecular flexibility index (Phi) is 5.47. The third-order valence-corrected chi connectivity index (χ3v) is 4.69. The molecule has 2 aromatic rings. The van der Waals surface area contributed by atoms with Gasteiger partial charge >= 0.3 is 0 Å². The van der Waals surface area contributed by atoms with Gasteiger partial charge in [0.1, 0.15) is 0 Å². The molecule has 0 N–H and O–H groups in total. The van der Waals surface area contributed by atoms with Gasteiger partial charge in [-0.2, -0.15) is 0 Å². The summed E-state index contributed by atoms with van der Waals surface area (Å²) >= 11 is 0. The molecule has 1 fully saturated rings. The topological polar surface area (TPSA) is 20.3 Å². The van der Waals surface area contributed by atoms with E-state index in [-0.39, 0.29) is 5.78 Å². The number of carbonyl (C=O) groups is 1. The molecule has 0 aliphatic carbocycles. The highest BCUT2D eigenvalue weighted by Gasteiger charge is 2.11. The van der Waals surface area contributed by atoms with E-state index in [0.29, 0.717) is 0 Å². The van der Waals surface area contributed by atoms with E-state index in [1.165, 1.54) is 30.5 Å². The minimum Gasteiger partial charge on any atom is -0.372 e. The third-order valence-electron chi connectivity index (χ3n) is 4.69. The van der Waals surface area contributed by atoms with Crippen molar-refractivity contribution in [1.82, 2.24) is 0 Å². The molecule has 0 aromatic heterocycles. The molecule has 1 heterocycles. The van der Waals surface area contributed by atoms with Crippen LogP contribution in [0.25, 0.3) is 6.08 Å². The lowest BCUT2D eigenvalue weighted by molar-refractivity contribution is 0.104. The number of hydrogen-bond donors (Lipinski definition) is 0. The molecule has 2 aromatic carbocycles. The second-order valence-corrected chi connectivity index (χ2v) is 6.39. The van der Waals surface area contributed by atoms with Crippen LogP contribution in [0.3, 0.4) is 0 Å². The summed E-state index contributed by atoms with van der Waals surface area (Å²) in [6.45, 7) is 4.39. The van der Waals surface area contributed by atoms with Crippen LogP contribution >= 0.6 is 0 Å². The van der Waals surface area contributed by atoms with E-state index >= 15 is 0 Å². The Balaban J connectivity index is 1.64. The molecule has 1 aliphatic heterocycles. The van der Waals surface area contributed by atoms with E-state index in [1.807, 2.05) is 18.2 Å². The molecule has 0 amide bonds. The maximum Gasteiger partial charge on any atom is 0.185 e. The summed E-state index contributed by atoms with van der Waals surface area (Å²) in [6.07, 6.45) is 8.45. The summed E-state index contributed by atoms with van der Waals surface area (Å²) in [6, 6.07) is 16.4. The number of aryl methyl sites for hydroxylation is 1. The fraction of sp³-hybridized carbons (Fsp3) is 0.318. The van der Waals surface area contributed by atoms with E-state index < -0.39 is 0 Å². The van der Waals surface area contributed by atoms with Gasteiger partial charge in [0.15, 0.2) is 5.78 Å². The number of rotatable bonds is 5. The molecule has 0 radical (unpaired) electrons. The van der Waals surface area contributed by atoms with Gasteiger partial charge in [0.2, 0.25) is 0 Å². The Morgan fingerprint density at radius 2 is 1.62 bits per heavy atom. The van der Waals surface area contributed by atoms with Gasteiger partial charge in [-0.05, 0) is 67.2 Å². The summed E-state index contributed by atoms with van der Waals surface area (Å²) in [5, 5.41) is 0. The lowest BCUT2D eigenvalue weighted by Gasteiger charge is -2.28. The molecule has 24 heavy (non-hydrogen) atoms. The predicted molar refractivity (Wildman–Crippen MR) is 102 cm³/mol. The number of carbonyl (C=O) groups excluding carboxylic acids is 1. The van der Waals surface area contributed by atoms with Crippen LogP contribution in [0.5, 0.6) is 0 Å². The molecular weight excluding hydrogens is 294 g/mol. The van der Waals surface area contributed by atoms with E-state index in [9.17, 15) is 4.79 Å². The highest BCUT2D eigenvalue weighted by molar-refractivity contribution is 6.06. The number of benzene rings is 2. The summed E-state index contributed by atoms with van der Waals surface area (Å²) < 4.78 is 0. The van der Waals surface area contributed by atoms with Gasteiger partial charge in [0, 0.05) is 24.3 Å². The van der Waals surface area contributed by atoms with Crippen molar-refractivity contribution in [2.24, 2.45) is 0 Å². The Hall–Kier alpha value is -2.35. The van der Waals surface area contributed by atoms with Gasteiger partial charge < -0.3 is 4.90 Å². The Morgan fingerprint density at radius 1 is 0.958 bits per heavy atom. The molecule has 0 saturated carbocycles. The quantitative estimate of drug-likeness (QED) is 0.562. The minimum atomic E-state index is 0.0553. The van der Waals surface area contributed by atoms with Crippen LogP contribution in [0.15, 0.2) is 54.6 Å². The smallest absolute Gasteiger partial charge is 0.185 e. The number of ketones is 1. The molecule has 2 heteroatoms. The molecule has 0 atom stereocenters. The standard InChI is InChI=1S/C22H25NO/c1-2-18-6-8-19(9-7-18)10-15-22(24)20-11-13-21(14-12-20)23-16-4-3-5-17-23/h6-15H,2-5,16-17H2,1H3/b15-10+. The van der Waals surface area contributed by atoms with Gasteiger partial charge in [-0.25, -0.2) is 0 Å². The second-order valence-electron chi connectivity index (χ2n) is 6.39. The Morgan fingerprint density at radius 3 is 2.25 bits per heavy atom. The first-order valence-electron chi connectivity index (χ1n) is 8.92. The lowest BCUT2D eigenvalue weighted by Crippen LogP contribution is -2.29. The molecule has 0 unspecified atom stereocenters. The van der Waals surface area contributed by atoms with Crippen molar-refractivity contribution in [3.8, 4) is 0 Å². The zero-order valence-corrected chi connectivity index (χ0v) is 14.4. The zero-order chi connectivity index (χ0) is 16.8. The Labute approximate surface area is 144 Å². The zero-order valence-electron chi connectivity index (χ0n) is 14.4. The highest BCUT2D eigenvalue weighted by Crippen LogP contribution is 2.20. The van der Waals surface area contributed by atoms with E-state index in [4.69, 9.17) is 0 Å². The average molecular weight is 319 g/mol. The van der Waals surface area contributed by atoms with Crippen LogP contribution < -0.4 is 4.90 Å². The van der Waals surface area contributed by atoms with E-state index in [0.717, 1.165) is 30.6 Å². The van der Waals surface area contributed by atoms with Crippen molar-refractivity contribution < 1.29 is 4.79 Å². The Bertz CT molecular complexity index is 692. The first-order chi connectivity index (χ1) is 11.8. The van der Waals surface area contributed by atoms with Crippen LogP contribution in [0.1, 0.15) is 47.7 Å². The van der Waals surface area contributed by atoms with Crippen LogP contribution in [0, 0.1) is 0 Å². The summed E-state index contributed by atoms with van der Waals surface area (Å²) in [4.78, 5) is 14.7. The van der Waals surface area contributed by atoms with Crippen LogP contribution in [0.4, 0.5) is 5.69 Å². The van der Waals surface area contributed by atoms with Crippen LogP contribution in [0.2, 0.25) is 0 Å². The maximum atomic E-state index is 12.3. The summed E-state index contributed by atoms with van der Waals surface area (Å²) in [5.41, 5.74) is 4.35. The predicted octanol–water partition coefficient (Wildman–Crippen LogP) is 5.14. The van der Waals surface area contributed by atoms with Crippen molar-refractivity contribution in [2.45, 2.75) is 32.6 Å². The monoisotopic (exact) mass is 319 g/mol. The number of piperidine rings is 1. The first-order valence-corrected chi connectivity index (χ1v) is 8.92. The fourth-order valence-electron chi connectivity index (χ4n) is 3.12. The normalized spacial score (nSPS) is 15.0. The number of allylic oxidation sites excluding steroid dienone is 1. The summed E-state index contributed by atoms with van der Waals surface area (Å²) in [5.74, 6) is 0.0553. The lowest BCUT2D eigenvalue weighted by atomic mass is 10.1. The van der Waals surface area contributed by atoms with Crippen molar-refractivity contribution in [2.75, 3.05) is 18.0 Å². The van der Waals surface area contributed by atoms with Gasteiger partial charge in [0.25, 0.3) is 0 Å². The molecule has 3 rings (SSSR count). The second kappa shape index (κ2) is 7.96. The molecule has 0 spiro atoms. The summed E-state index contributed by atoms with van der Waals surface area (Å²) in [7, 11) is 0. The average Bonchev–Trinajstić information content (AvgIpc) is 2.67. The number of hydrogen-bond acceptors (Lipinski definition) is 2. The largest absolute Gasteiger partial charge is 0.372 e. The first kappa shape index (κ1) is 16.5. The molecule has 2 nitrogen and oxygen atoms in total. The molecule has 1 aliphatic rings. The highest BCUT2D eigenvalue weighted by atomic mass is 16.1. The number of nitrogens with zero attached hydrogens (tertiary/aromatic N) is 1. The molecular formula is C22H25NO. The van der Waals surface area contributed by atoms with Crippen LogP contribution in [-0.2, 0) is 6.42 Å². The van der Waals surface area contributed by atoms with Gasteiger partial charge in [-0.1, -0.05) is 37.3 Å². The maximum absolute atomic E-state index is 12.3.